The van der Waals surface area contributed by atoms with Gasteiger partial charge in [-0.05, 0) is 53.4 Å². The summed E-state index contributed by atoms with van der Waals surface area (Å²) in [6.45, 7) is 1.07. The van der Waals surface area contributed by atoms with Gasteiger partial charge >= 0.3 is 0 Å². The highest BCUT2D eigenvalue weighted by Crippen LogP contribution is 2.33. The van der Waals surface area contributed by atoms with Crippen LogP contribution in [-0.2, 0) is 6.54 Å². The zero-order valence-corrected chi connectivity index (χ0v) is 11.2. The number of hydrogen-bond acceptors (Lipinski definition) is 1. The fourth-order valence-corrected chi connectivity index (χ4v) is 2.24. The SMILES string of the molecule is Fc1ccc(Br)c(F)c1CNCCCC1CC1. The second-order valence-electron chi connectivity index (χ2n) is 4.58. The Morgan fingerprint density at radius 3 is 2.76 bits per heavy atom. The summed E-state index contributed by atoms with van der Waals surface area (Å²) in [5.74, 6) is -0.0729. The van der Waals surface area contributed by atoms with E-state index in [0.717, 1.165) is 18.9 Å². The molecule has 0 spiro atoms. The van der Waals surface area contributed by atoms with Crippen molar-refractivity contribution in [2.24, 2.45) is 5.92 Å². The van der Waals surface area contributed by atoms with Crippen molar-refractivity contribution >= 4 is 15.9 Å². The molecule has 1 aromatic rings. The molecule has 1 aliphatic carbocycles. The van der Waals surface area contributed by atoms with Gasteiger partial charge in [-0.15, -0.1) is 0 Å². The first-order valence-electron chi connectivity index (χ1n) is 6.01. The van der Waals surface area contributed by atoms with Gasteiger partial charge in [0.1, 0.15) is 11.6 Å². The van der Waals surface area contributed by atoms with Crippen molar-refractivity contribution in [1.29, 1.82) is 0 Å². The number of rotatable bonds is 6. The largest absolute Gasteiger partial charge is 0.312 e. The van der Waals surface area contributed by atoms with E-state index in [2.05, 4.69) is 21.2 Å². The molecule has 17 heavy (non-hydrogen) atoms. The average molecular weight is 304 g/mol. The minimum absolute atomic E-state index is 0.116. The molecule has 1 aromatic carbocycles. The molecule has 1 nitrogen and oxygen atoms in total. The highest BCUT2D eigenvalue weighted by Gasteiger charge is 2.20. The minimum Gasteiger partial charge on any atom is -0.312 e. The molecule has 4 heteroatoms. The first-order valence-corrected chi connectivity index (χ1v) is 6.81. The molecule has 0 atom stereocenters. The summed E-state index contributed by atoms with van der Waals surface area (Å²) in [5, 5.41) is 3.09. The molecule has 0 aliphatic heterocycles. The summed E-state index contributed by atoms with van der Waals surface area (Å²) in [5.41, 5.74) is 0.116. The number of benzene rings is 1. The predicted molar refractivity (Wildman–Crippen MR) is 67.7 cm³/mol. The van der Waals surface area contributed by atoms with Gasteiger partial charge in [0, 0.05) is 12.1 Å². The van der Waals surface area contributed by atoms with Crippen LogP contribution in [0.1, 0.15) is 31.2 Å². The number of halogens is 3. The van der Waals surface area contributed by atoms with Gasteiger partial charge < -0.3 is 5.32 Å². The Kier molecular flexibility index (Phi) is 4.51. The van der Waals surface area contributed by atoms with Crippen LogP contribution in [0.5, 0.6) is 0 Å². The molecule has 0 unspecified atom stereocenters. The van der Waals surface area contributed by atoms with Crippen LogP contribution in [0.2, 0.25) is 0 Å². The van der Waals surface area contributed by atoms with Gasteiger partial charge in [-0.2, -0.15) is 0 Å². The standard InChI is InChI=1S/C13H16BrF2N/c14-11-5-6-12(15)10(13(11)16)8-17-7-1-2-9-3-4-9/h5-6,9,17H,1-4,7-8H2. The molecule has 1 saturated carbocycles. The Morgan fingerprint density at radius 1 is 1.29 bits per heavy atom. The lowest BCUT2D eigenvalue weighted by atomic mass is 10.2. The normalized spacial score (nSPS) is 15.2. The summed E-state index contributed by atoms with van der Waals surface area (Å²) in [7, 11) is 0. The van der Waals surface area contributed by atoms with E-state index < -0.39 is 11.6 Å². The maximum Gasteiger partial charge on any atom is 0.144 e. The summed E-state index contributed by atoms with van der Waals surface area (Å²) in [6.07, 6.45) is 5.03. The van der Waals surface area contributed by atoms with Crippen LogP contribution in [0, 0.1) is 17.6 Å². The molecule has 0 heterocycles. The molecule has 0 aromatic heterocycles. The smallest absolute Gasteiger partial charge is 0.144 e. The van der Waals surface area contributed by atoms with Crippen LogP contribution >= 0.6 is 15.9 Å². The first-order chi connectivity index (χ1) is 8.18. The van der Waals surface area contributed by atoms with Crippen LogP contribution in [0.3, 0.4) is 0 Å². The third kappa shape index (κ3) is 3.75. The molecule has 0 amide bonds. The highest BCUT2D eigenvalue weighted by atomic mass is 79.9. The van der Waals surface area contributed by atoms with Gasteiger partial charge in [-0.1, -0.05) is 12.8 Å². The van der Waals surface area contributed by atoms with Crippen molar-refractivity contribution < 1.29 is 8.78 Å². The monoisotopic (exact) mass is 303 g/mol. The Balaban J connectivity index is 1.78. The molecule has 1 aliphatic rings. The minimum atomic E-state index is -0.500. The Bertz CT molecular complexity index is 391. The van der Waals surface area contributed by atoms with E-state index in [1.54, 1.807) is 0 Å². The summed E-state index contributed by atoms with van der Waals surface area (Å²) in [4.78, 5) is 0. The van der Waals surface area contributed by atoms with Crippen molar-refractivity contribution in [2.45, 2.75) is 32.2 Å². The highest BCUT2D eigenvalue weighted by molar-refractivity contribution is 9.10. The molecule has 0 bridgehead atoms. The van der Waals surface area contributed by atoms with Crippen LogP contribution in [0.15, 0.2) is 16.6 Å². The molecule has 94 valence electrons. The van der Waals surface area contributed by atoms with Gasteiger partial charge in [0.05, 0.1) is 4.47 Å². The van der Waals surface area contributed by atoms with Gasteiger partial charge in [0.25, 0.3) is 0 Å². The lowest BCUT2D eigenvalue weighted by Crippen LogP contribution is -2.17. The van der Waals surface area contributed by atoms with Gasteiger partial charge in [0.15, 0.2) is 0 Å². The topological polar surface area (TPSA) is 12.0 Å². The predicted octanol–water partition coefficient (Wildman–Crippen LogP) is 4.01. The first kappa shape index (κ1) is 13.0. The molecular weight excluding hydrogens is 288 g/mol. The summed E-state index contributed by atoms with van der Waals surface area (Å²) in [6, 6.07) is 2.68. The molecule has 1 fully saturated rings. The van der Waals surface area contributed by atoms with Crippen molar-refractivity contribution in [3.05, 3.63) is 33.8 Å². The Hall–Kier alpha value is -0.480. The van der Waals surface area contributed by atoms with E-state index in [4.69, 9.17) is 0 Å². The van der Waals surface area contributed by atoms with Crippen molar-refractivity contribution in [3.8, 4) is 0 Å². The van der Waals surface area contributed by atoms with E-state index in [0.29, 0.717) is 4.47 Å². The zero-order valence-electron chi connectivity index (χ0n) is 9.61. The van der Waals surface area contributed by atoms with E-state index in [-0.39, 0.29) is 12.1 Å². The molecule has 0 radical (unpaired) electrons. The average Bonchev–Trinajstić information content (AvgIpc) is 3.11. The van der Waals surface area contributed by atoms with Crippen LogP contribution in [0.25, 0.3) is 0 Å². The van der Waals surface area contributed by atoms with Gasteiger partial charge in [0.2, 0.25) is 0 Å². The van der Waals surface area contributed by atoms with E-state index in [9.17, 15) is 8.78 Å². The van der Waals surface area contributed by atoms with E-state index in [1.165, 1.54) is 31.4 Å². The molecule has 1 N–H and O–H groups in total. The third-order valence-electron chi connectivity index (χ3n) is 3.10. The van der Waals surface area contributed by atoms with Crippen molar-refractivity contribution in [2.75, 3.05) is 6.54 Å². The van der Waals surface area contributed by atoms with E-state index >= 15 is 0 Å². The lowest BCUT2D eigenvalue weighted by molar-refractivity contribution is 0.523. The molecule has 0 saturated heterocycles. The Labute approximate surface area is 109 Å². The van der Waals surface area contributed by atoms with Gasteiger partial charge in [-0.25, -0.2) is 8.78 Å². The number of nitrogens with one attached hydrogen (secondary N) is 1. The zero-order chi connectivity index (χ0) is 12.3. The second kappa shape index (κ2) is 5.91. The lowest BCUT2D eigenvalue weighted by Gasteiger charge is -2.08. The summed E-state index contributed by atoms with van der Waals surface area (Å²) >= 11 is 3.06. The number of hydrogen-bond donors (Lipinski definition) is 1. The van der Waals surface area contributed by atoms with Crippen LogP contribution in [0.4, 0.5) is 8.78 Å². The van der Waals surface area contributed by atoms with Crippen LogP contribution < -0.4 is 5.32 Å². The quantitative estimate of drug-likeness (QED) is 0.618. The van der Waals surface area contributed by atoms with Crippen molar-refractivity contribution in [3.63, 3.8) is 0 Å². The second-order valence-corrected chi connectivity index (χ2v) is 5.44. The maximum absolute atomic E-state index is 13.6. The summed E-state index contributed by atoms with van der Waals surface area (Å²) < 4.78 is 27.3. The molecular formula is C13H16BrF2N. The van der Waals surface area contributed by atoms with E-state index in [1.807, 2.05) is 0 Å². The third-order valence-corrected chi connectivity index (χ3v) is 3.72. The van der Waals surface area contributed by atoms with Crippen LogP contribution in [-0.4, -0.2) is 6.54 Å². The Morgan fingerprint density at radius 2 is 2.06 bits per heavy atom. The van der Waals surface area contributed by atoms with Crippen molar-refractivity contribution in [1.82, 2.24) is 5.32 Å². The maximum atomic E-state index is 13.6. The molecule has 2 rings (SSSR count). The van der Waals surface area contributed by atoms with Gasteiger partial charge in [-0.3, -0.25) is 0 Å². The fourth-order valence-electron chi connectivity index (χ4n) is 1.87. The fraction of sp³-hybridized carbons (Fsp3) is 0.538.